The zero-order valence-corrected chi connectivity index (χ0v) is 24.0. The number of benzene rings is 3. The maximum atomic E-state index is 12.1. The lowest BCUT2D eigenvalue weighted by Gasteiger charge is -2.12. The summed E-state index contributed by atoms with van der Waals surface area (Å²) < 4.78 is 8.38. The summed E-state index contributed by atoms with van der Waals surface area (Å²) >= 11 is 6.28. The summed E-state index contributed by atoms with van der Waals surface area (Å²) in [5, 5.41) is 3.88. The van der Waals surface area contributed by atoms with Crippen molar-refractivity contribution in [1.82, 2.24) is 14.9 Å². The molecule has 0 bridgehead atoms. The van der Waals surface area contributed by atoms with Crippen LogP contribution in [-0.2, 0) is 24.2 Å². The molecule has 206 valence electrons. The maximum Gasteiger partial charge on any atom is 0.220 e. The average molecular weight is 546 g/mol. The molecule has 0 atom stereocenters. The number of ether oxygens (including phenoxy) is 1. The number of nitrogens with zero attached hydrogens (tertiary/aromatic N) is 2. The molecule has 0 spiro atoms. The van der Waals surface area contributed by atoms with E-state index in [9.17, 15) is 4.79 Å². The number of nitrogens with one attached hydrogen (secondary N) is 1. The lowest BCUT2D eigenvalue weighted by molar-refractivity contribution is -0.121. The van der Waals surface area contributed by atoms with Crippen LogP contribution in [0.5, 0.6) is 5.75 Å². The average Bonchev–Trinajstić information content (AvgIpc) is 3.30. The van der Waals surface area contributed by atoms with Crippen molar-refractivity contribution >= 4 is 28.5 Å². The van der Waals surface area contributed by atoms with Gasteiger partial charge in [-0.05, 0) is 86.9 Å². The Morgan fingerprint density at radius 3 is 2.44 bits per heavy atom. The van der Waals surface area contributed by atoms with Crippen molar-refractivity contribution in [3.63, 3.8) is 0 Å². The number of halogens is 1. The Balaban J connectivity index is 1.18. The molecule has 4 rings (SSSR count). The van der Waals surface area contributed by atoms with Gasteiger partial charge in [0.25, 0.3) is 0 Å². The lowest BCUT2D eigenvalue weighted by atomic mass is 10.1. The molecular formula is C33H40ClN3O2. The molecule has 39 heavy (non-hydrogen) atoms. The number of fused-ring (bicyclic) bond motifs is 1. The third kappa shape index (κ3) is 8.59. The van der Waals surface area contributed by atoms with Crippen molar-refractivity contribution in [3.8, 4) is 5.75 Å². The minimum atomic E-state index is 0.131. The molecule has 0 saturated heterocycles. The highest BCUT2D eigenvalue weighted by atomic mass is 35.5. The Kier molecular flexibility index (Phi) is 10.8. The zero-order valence-electron chi connectivity index (χ0n) is 23.2. The minimum Gasteiger partial charge on any atom is -0.494 e. The number of para-hydroxylation sites is 2. The van der Waals surface area contributed by atoms with Gasteiger partial charge in [0.05, 0.1) is 17.6 Å². The van der Waals surface area contributed by atoms with E-state index < -0.39 is 0 Å². The molecule has 1 aromatic heterocycles. The van der Waals surface area contributed by atoms with E-state index in [1.165, 1.54) is 11.1 Å². The largest absolute Gasteiger partial charge is 0.494 e. The molecule has 6 heteroatoms. The fourth-order valence-corrected chi connectivity index (χ4v) is 5.03. The number of carbonyl (C=O) groups is 1. The van der Waals surface area contributed by atoms with Gasteiger partial charge in [-0.1, -0.05) is 60.5 Å². The molecule has 0 aliphatic heterocycles. The second-order valence-corrected chi connectivity index (χ2v) is 10.6. The second kappa shape index (κ2) is 14.7. The number of carbonyl (C=O) groups excluding carboxylic acids is 1. The zero-order chi connectivity index (χ0) is 27.5. The van der Waals surface area contributed by atoms with Crippen molar-refractivity contribution in [2.24, 2.45) is 0 Å². The predicted molar refractivity (Wildman–Crippen MR) is 161 cm³/mol. The molecule has 0 aliphatic carbocycles. The fraction of sp³-hybridized carbons (Fsp3) is 0.394. The van der Waals surface area contributed by atoms with E-state index in [2.05, 4.69) is 40.2 Å². The van der Waals surface area contributed by atoms with E-state index in [1.54, 1.807) is 0 Å². The van der Waals surface area contributed by atoms with Crippen LogP contribution in [0, 0.1) is 13.8 Å². The minimum absolute atomic E-state index is 0.131. The molecule has 3 aromatic carbocycles. The Bertz CT molecular complexity index is 1330. The topological polar surface area (TPSA) is 56.1 Å². The first-order valence-electron chi connectivity index (χ1n) is 14.2. The molecule has 0 saturated carbocycles. The van der Waals surface area contributed by atoms with Crippen molar-refractivity contribution in [2.75, 3.05) is 13.2 Å². The van der Waals surface area contributed by atoms with Crippen LogP contribution in [0.1, 0.15) is 61.0 Å². The van der Waals surface area contributed by atoms with E-state index in [0.717, 1.165) is 91.3 Å². The second-order valence-electron chi connectivity index (χ2n) is 10.2. The predicted octanol–water partition coefficient (Wildman–Crippen LogP) is 7.63. The van der Waals surface area contributed by atoms with Gasteiger partial charge in [0, 0.05) is 31.0 Å². The Morgan fingerprint density at radius 1 is 0.897 bits per heavy atom. The summed E-state index contributed by atoms with van der Waals surface area (Å²) in [6.07, 6.45) is 7.37. The first kappa shape index (κ1) is 28.7. The molecule has 0 radical (unpaired) electrons. The van der Waals surface area contributed by atoms with Crippen molar-refractivity contribution in [3.05, 3.63) is 94.3 Å². The van der Waals surface area contributed by atoms with Crippen LogP contribution in [0.4, 0.5) is 0 Å². The highest BCUT2D eigenvalue weighted by Crippen LogP contribution is 2.26. The first-order valence-corrected chi connectivity index (χ1v) is 14.5. The number of imidazole rings is 1. The van der Waals surface area contributed by atoms with E-state index in [4.69, 9.17) is 21.3 Å². The van der Waals surface area contributed by atoms with Crippen molar-refractivity contribution in [2.45, 2.75) is 71.8 Å². The maximum absolute atomic E-state index is 12.1. The highest BCUT2D eigenvalue weighted by molar-refractivity contribution is 6.32. The van der Waals surface area contributed by atoms with Crippen LogP contribution in [0.15, 0.2) is 66.7 Å². The van der Waals surface area contributed by atoms with Crippen molar-refractivity contribution < 1.29 is 9.53 Å². The number of rotatable bonds is 15. The first-order chi connectivity index (χ1) is 19.0. The molecule has 0 unspecified atom stereocenters. The van der Waals surface area contributed by atoms with Gasteiger partial charge >= 0.3 is 0 Å². The third-order valence-electron chi connectivity index (χ3n) is 7.07. The van der Waals surface area contributed by atoms with E-state index in [-0.39, 0.29) is 5.91 Å². The molecular weight excluding hydrogens is 506 g/mol. The Labute approximate surface area is 237 Å². The molecule has 0 aliphatic rings. The van der Waals surface area contributed by atoms with E-state index >= 15 is 0 Å². The van der Waals surface area contributed by atoms with Gasteiger partial charge in [-0.3, -0.25) is 4.79 Å². The van der Waals surface area contributed by atoms with Crippen LogP contribution in [-0.4, -0.2) is 28.6 Å². The normalized spacial score (nSPS) is 11.2. The van der Waals surface area contributed by atoms with Crippen molar-refractivity contribution in [1.29, 1.82) is 0 Å². The molecule has 1 amide bonds. The van der Waals surface area contributed by atoms with Gasteiger partial charge in [-0.25, -0.2) is 4.98 Å². The monoisotopic (exact) mass is 545 g/mol. The molecule has 1 heterocycles. The summed E-state index contributed by atoms with van der Waals surface area (Å²) in [4.78, 5) is 17.1. The van der Waals surface area contributed by atoms with E-state index in [0.29, 0.717) is 13.0 Å². The number of aromatic nitrogens is 2. The molecule has 1 N–H and O–H groups in total. The summed E-state index contributed by atoms with van der Waals surface area (Å²) in [7, 11) is 0. The summed E-state index contributed by atoms with van der Waals surface area (Å²) in [5.41, 5.74) is 5.55. The van der Waals surface area contributed by atoms with Gasteiger partial charge in [0.2, 0.25) is 5.91 Å². The standard InChI is InChI=1S/C33H40ClN3O2/c1-25-23-28(24-26(2)33(25)34)39-22-12-11-21-37-30-16-9-8-15-29(30)36-31(37)17-7-4-10-20-35-32(38)19-18-27-13-5-3-6-14-27/h3,5-6,8-9,13-16,23-24H,4,7,10-12,17-22H2,1-2H3,(H,35,38). The smallest absolute Gasteiger partial charge is 0.220 e. The highest BCUT2D eigenvalue weighted by Gasteiger charge is 2.10. The van der Waals surface area contributed by atoms with Crippen LogP contribution < -0.4 is 10.1 Å². The van der Waals surface area contributed by atoms with Gasteiger partial charge < -0.3 is 14.6 Å². The number of unbranched alkanes of at least 4 members (excludes halogenated alkanes) is 3. The summed E-state index contributed by atoms with van der Waals surface area (Å²) in [5.74, 6) is 2.16. The van der Waals surface area contributed by atoms with Crippen LogP contribution >= 0.6 is 11.6 Å². The number of aryl methyl sites for hydroxylation is 5. The Hall–Kier alpha value is -3.31. The molecule has 0 fully saturated rings. The van der Waals surface area contributed by atoms with E-state index in [1.807, 2.05) is 50.2 Å². The van der Waals surface area contributed by atoms with Crippen LogP contribution in [0.3, 0.4) is 0 Å². The quantitative estimate of drug-likeness (QED) is 0.156. The fourth-order valence-electron chi connectivity index (χ4n) is 4.92. The van der Waals surface area contributed by atoms with Gasteiger partial charge in [0.15, 0.2) is 0 Å². The lowest BCUT2D eigenvalue weighted by Crippen LogP contribution is -2.24. The number of amides is 1. The van der Waals surface area contributed by atoms with Gasteiger partial charge in [-0.15, -0.1) is 0 Å². The number of hydrogen-bond acceptors (Lipinski definition) is 3. The summed E-state index contributed by atoms with van der Waals surface area (Å²) in [6.45, 7) is 6.36. The summed E-state index contributed by atoms with van der Waals surface area (Å²) in [6, 6.07) is 22.6. The molecule has 4 aromatic rings. The Morgan fingerprint density at radius 2 is 1.64 bits per heavy atom. The van der Waals surface area contributed by atoms with Crippen LogP contribution in [0.25, 0.3) is 11.0 Å². The molecule has 5 nitrogen and oxygen atoms in total. The van der Waals surface area contributed by atoms with Crippen LogP contribution in [0.2, 0.25) is 5.02 Å². The SMILES string of the molecule is Cc1cc(OCCCCn2c(CCCCCNC(=O)CCc3ccccc3)nc3ccccc32)cc(C)c1Cl. The third-order valence-corrected chi connectivity index (χ3v) is 7.67. The number of hydrogen-bond donors (Lipinski definition) is 1. The van der Waals surface area contributed by atoms with Gasteiger partial charge in [0.1, 0.15) is 11.6 Å². The van der Waals surface area contributed by atoms with Gasteiger partial charge in [-0.2, -0.15) is 0 Å².